The summed E-state index contributed by atoms with van der Waals surface area (Å²) in [5.74, 6) is 0. The van der Waals surface area contributed by atoms with Gasteiger partial charge in [0.05, 0.1) is 12.3 Å². The summed E-state index contributed by atoms with van der Waals surface area (Å²) < 4.78 is 0. The van der Waals surface area contributed by atoms with Gasteiger partial charge in [-0.2, -0.15) is 0 Å². The number of hydrogen-bond acceptors (Lipinski definition) is 3. The van der Waals surface area contributed by atoms with Crippen molar-refractivity contribution in [3.05, 3.63) is 24.3 Å². The standard InChI is InChI=1S/C16H28N2O/c1-5-7-12-18(19-13-8-6-2)16-11-9-10-15(14-16)17(3)4/h9-11,14H,5-8,12-13H2,1-4H3. The minimum absolute atomic E-state index is 0.798. The second kappa shape index (κ2) is 8.81. The van der Waals surface area contributed by atoms with Crippen LogP contribution in [0.15, 0.2) is 24.3 Å². The molecule has 0 atom stereocenters. The zero-order valence-corrected chi connectivity index (χ0v) is 12.9. The van der Waals surface area contributed by atoms with Crippen molar-refractivity contribution in [3.8, 4) is 0 Å². The molecule has 0 unspecified atom stereocenters. The molecule has 1 rings (SSSR count). The van der Waals surface area contributed by atoms with Crippen LogP contribution in [-0.4, -0.2) is 27.2 Å². The molecule has 0 aliphatic carbocycles. The minimum atomic E-state index is 0.798. The number of anilines is 2. The maximum absolute atomic E-state index is 5.92. The summed E-state index contributed by atoms with van der Waals surface area (Å²) in [6.45, 7) is 6.15. The van der Waals surface area contributed by atoms with Crippen LogP contribution in [-0.2, 0) is 4.84 Å². The number of hydrogen-bond donors (Lipinski definition) is 0. The fourth-order valence-corrected chi connectivity index (χ4v) is 1.82. The third kappa shape index (κ3) is 5.52. The number of rotatable bonds is 9. The molecule has 0 heterocycles. The van der Waals surface area contributed by atoms with E-state index < -0.39 is 0 Å². The topological polar surface area (TPSA) is 15.7 Å². The average molecular weight is 264 g/mol. The van der Waals surface area contributed by atoms with Crippen molar-refractivity contribution in [1.29, 1.82) is 0 Å². The fourth-order valence-electron chi connectivity index (χ4n) is 1.82. The molecule has 0 amide bonds. The van der Waals surface area contributed by atoms with E-state index in [-0.39, 0.29) is 0 Å². The Labute approximate surface area is 118 Å². The molecule has 19 heavy (non-hydrogen) atoms. The van der Waals surface area contributed by atoms with Crippen LogP contribution in [0.3, 0.4) is 0 Å². The molecule has 108 valence electrons. The van der Waals surface area contributed by atoms with Crippen molar-refractivity contribution in [2.24, 2.45) is 0 Å². The van der Waals surface area contributed by atoms with Gasteiger partial charge in [-0.25, -0.2) is 0 Å². The second-order valence-corrected chi connectivity index (χ2v) is 5.06. The van der Waals surface area contributed by atoms with Crippen molar-refractivity contribution >= 4 is 11.4 Å². The van der Waals surface area contributed by atoms with E-state index >= 15 is 0 Å². The Morgan fingerprint density at radius 1 is 1.00 bits per heavy atom. The Kier molecular flexibility index (Phi) is 7.34. The van der Waals surface area contributed by atoms with Crippen molar-refractivity contribution in [2.75, 3.05) is 37.2 Å². The Morgan fingerprint density at radius 2 is 1.68 bits per heavy atom. The first kappa shape index (κ1) is 15.8. The highest BCUT2D eigenvalue weighted by Crippen LogP contribution is 2.22. The molecule has 0 bridgehead atoms. The molecule has 1 aromatic rings. The molecule has 0 fully saturated rings. The predicted octanol–water partition coefficient (Wildman–Crippen LogP) is 4.09. The van der Waals surface area contributed by atoms with Crippen molar-refractivity contribution in [1.82, 2.24) is 0 Å². The summed E-state index contributed by atoms with van der Waals surface area (Å²) in [4.78, 5) is 8.04. The largest absolute Gasteiger partial charge is 0.378 e. The average Bonchev–Trinajstić information content (AvgIpc) is 2.43. The number of benzene rings is 1. The SMILES string of the molecule is CCCCON(CCCC)c1cccc(N(C)C)c1. The van der Waals surface area contributed by atoms with Gasteiger partial charge in [-0.15, -0.1) is 0 Å². The van der Waals surface area contributed by atoms with Gasteiger partial charge in [0.15, 0.2) is 0 Å². The predicted molar refractivity (Wildman–Crippen MR) is 83.9 cm³/mol. The fraction of sp³-hybridized carbons (Fsp3) is 0.625. The van der Waals surface area contributed by atoms with E-state index in [0.29, 0.717) is 0 Å². The molecular formula is C16H28N2O. The van der Waals surface area contributed by atoms with Crippen LogP contribution in [0.2, 0.25) is 0 Å². The van der Waals surface area contributed by atoms with Crippen LogP contribution in [0.25, 0.3) is 0 Å². The Balaban J connectivity index is 2.74. The highest BCUT2D eigenvalue weighted by molar-refractivity contribution is 5.57. The zero-order chi connectivity index (χ0) is 14.1. The molecule has 0 N–H and O–H groups in total. The summed E-state index contributed by atoms with van der Waals surface area (Å²) in [6.07, 6.45) is 4.61. The van der Waals surface area contributed by atoms with Crippen LogP contribution >= 0.6 is 0 Å². The molecule has 0 saturated carbocycles. The summed E-state index contributed by atoms with van der Waals surface area (Å²) in [5, 5.41) is 2.05. The van der Waals surface area contributed by atoms with Gasteiger partial charge < -0.3 is 4.90 Å². The Morgan fingerprint density at radius 3 is 2.32 bits per heavy atom. The molecule has 0 radical (unpaired) electrons. The van der Waals surface area contributed by atoms with E-state index in [1.54, 1.807) is 0 Å². The Bertz CT molecular complexity index is 352. The van der Waals surface area contributed by atoms with Crippen LogP contribution in [0.1, 0.15) is 39.5 Å². The lowest BCUT2D eigenvalue weighted by atomic mass is 10.2. The molecule has 3 heteroatoms. The van der Waals surface area contributed by atoms with E-state index in [2.05, 4.69) is 57.1 Å². The van der Waals surface area contributed by atoms with Gasteiger partial charge in [0, 0.05) is 26.3 Å². The summed E-state index contributed by atoms with van der Waals surface area (Å²) in [5.41, 5.74) is 2.36. The smallest absolute Gasteiger partial charge is 0.0748 e. The molecular weight excluding hydrogens is 236 g/mol. The second-order valence-electron chi connectivity index (χ2n) is 5.06. The maximum Gasteiger partial charge on any atom is 0.0748 e. The van der Waals surface area contributed by atoms with E-state index in [1.807, 2.05) is 5.06 Å². The zero-order valence-electron chi connectivity index (χ0n) is 12.9. The van der Waals surface area contributed by atoms with Crippen molar-refractivity contribution < 1.29 is 4.84 Å². The lowest BCUT2D eigenvalue weighted by molar-refractivity contribution is 0.104. The van der Waals surface area contributed by atoms with Crippen LogP contribution < -0.4 is 9.96 Å². The normalized spacial score (nSPS) is 10.5. The van der Waals surface area contributed by atoms with Crippen LogP contribution in [0.5, 0.6) is 0 Å². The summed E-state index contributed by atoms with van der Waals surface area (Å²) in [6, 6.07) is 8.51. The summed E-state index contributed by atoms with van der Waals surface area (Å²) in [7, 11) is 4.13. The third-order valence-electron chi connectivity index (χ3n) is 3.09. The van der Waals surface area contributed by atoms with E-state index in [4.69, 9.17) is 4.84 Å². The molecule has 0 aromatic heterocycles. The number of unbranched alkanes of at least 4 members (excludes halogenated alkanes) is 2. The number of nitrogens with zero attached hydrogens (tertiary/aromatic N) is 2. The van der Waals surface area contributed by atoms with Gasteiger partial charge in [0.2, 0.25) is 0 Å². The van der Waals surface area contributed by atoms with Gasteiger partial charge in [-0.3, -0.25) is 9.90 Å². The van der Waals surface area contributed by atoms with Gasteiger partial charge in [-0.05, 0) is 31.0 Å². The molecule has 0 saturated heterocycles. The van der Waals surface area contributed by atoms with Crippen molar-refractivity contribution in [2.45, 2.75) is 39.5 Å². The lowest BCUT2D eigenvalue weighted by Crippen LogP contribution is -2.25. The minimum Gasteiger partial charge on any atom is -0.378 e. The van der Waals surface area contributed by atoms with Gasteiger partial charge in [0.25, 0.3) is 0 Å². The first-order valence-electron chi connectivity index (χ1n) is 7.36. The third-order valence-corrected chi connectivity index (χ3v) is 3.09. The van der Waals surface area contributed by atoms with Crippen LogP contribution in [0.4, 0.5) is 11.4 Å². The Hall–Kier alpha value is -1.22. The quantitative estimate of drug-likeness (QED) is 0.493. The van der Waals surface area contributed by atoms with Gasteiger partial charge >= 0.3 is 0 Å². The summed E-state index contributed by atoms with van der Waals surface area (Å²) >= 11 is 0. The van der Waals surface area contributed by atoms with E-state index in [9.17, 15) is 0 Å². The van der Waals surface area contributed by atoms with Gasteiger partial charge in [0.1, 0.15) is 0 Å². The molecule has 0 aliphatic rings. The van der Waals surface area contributed by atoms with Gasteiger partial charge in [-0.1, -0.05) is 32.8 Å². The maximum atomic E-state index is 5.92. The van der Waals surface area contributed by atoms with Crippen molar-refractivity contribution in [3.63, 3.8) is 0 Å². The highest BCUT2D eigenvalue weighted by Gasteiger charge is 2.08. The first-order valence-corrected chi connectivity index (χ1v) is 7.36. The first-order chi connectivity index (χ1) is 9.19. The van der Waals surface area contributed by atoms with Crippen LogP contribution in [0, 0.1) is 0 Å². The molecule has 0 spiro atoms. The molecule has 0 aliphatic heterocycles. The monoisotopic (exact) mass is 264 g/mol. The highest BCUT2D eigenvalue weighted by atomic mass is 16.7. The number of hydroxylamine groups is 1. The van der Waals surface area contributed by atoms with E-state index in [1.165, 1.54) is 18.5 Å². The lowest BCUT2D eigenvalue weighted by Gasteiger charge is -2.25. The molecule has 1 aromatic carbocycles. The van der Waals surface area contributed by atoms with E-state index in [0.717, 1.165) is 31.7 Å². The molecule has 3 nitrogen and oxygen atoms in total.